The molecule has 0 aliphatic carbocycles. The molecule has 0 bridgehead atoms. The van der Waals surface area contributed by atoms with Crippen LogP contribution in [0.2, 0.25) is 0 Å². The molecule has 0 aliphatic rings. The van der Waals surface area contributed by atoms with Gasteiger partial charge in [-0.3, -0.25) is 4.79 Å². The van der Waals surface area contributed by atoms with Crippen molar-refractivity contribution in [2.75, 3.05) is 13.7 Å². The number of hydrogen-bond donors (Lipinski definition) is 0. The van der Waals surface area contributed by atoms with Gasteiger partial charge in [-0.2, -0.15) is 0 Å². The minimum Gasteiger partial charge on any atom is -0.449 e. The molecule has 0 aliphatic heterocycles. The molecule has 8 heteroatoms. The van der Waals surface area contributed by atoms with Crippen molar-refractivity contribution < 1.29 is 14.4 Å². The second-order valence-corrected chi connectivity index (χ2v) is 3.01. The van der Waals surface area contributed by atoms with Crippen molar-refractivity contribution in [3.63, 3.8) is 0 Å². The first kappa shape index (κ1) is 10.5. The molecule has 0 spiro atoms. The molecule has 0 saturated carbocycles. The Morgan fingerprint density at radius 2 is 2.14 bits per heavy atom. The summed E-state index contributed by atoms with van der Waals surface area (Å²) in [6.45, 7) is 1.73. The van der Waals surface area contributed by atoms with E-state index in [1.165, 1.54) is 0 Å². The molecule has 1 rings (SSSR count). The fourth-order valence-electron chi connectivity index (χ4n) is 0.765. The first-order valence-corrected chi connectivity index (χ1v) is 4.46. The number of ether oxygens (including phenoxy) is 1. The van der Waals surface area contributed by atoms with Crippen LogP contribution in [0.3, 0.4) is 0 Å². The van der Waals surface area contributed by atoms with Crippen molar-refractivity contribution in [2.24, 2.45) is 0 Å². The summed E-state index contributed by atoms with van der Waals surface area (Å²) in [6, 6.07) is 0. The van der Waals surface area contributed by atoms with E-state index in [0.29, 0.717) is 20.2 Å². The SMILES string of the molecule is CCOC(=O)n1sc(=O)n(OC)c1=O. The van der Waals surface area contributed by atoms with Crippen molar-refractivity contribution in [3.05, 3.63) is 20.2 Å². The molecule has 0 saturated heterocycles. The summed E-state index contributed by atoms with van der Waals surface area (Å²) >= 11 is 0.426. The Hall–Kier alpha value is -1.57. The highest BCUT2D eigenvalue weighted by atomic mass is 32.1. The molecule has 0 amide bonds. The number of aromatic nitrogens is 2. The second kappa shape index (κ2) is 4.09. The zero-order valence-corrected chi connectivity index (χ0v) is 8.37. The minimum absolute atomic E-state index is 0.129. The highest BCUT2D eigenvalue weighted by molar-refractivity contribution is 7.04. The molecule has 0 aromatic carbocycles. The van der Waals surface area contributed by atoms with Crippen LogP contribution in [0.25, 0.3) is 0 Å². The predicted molar refractivity (Wildman–Crippen MR) is 47.8 cm³/mol. The van der Waals surface area contributed by atoms with Gasteiger partial charge >= 0.3 is 16.7 Å². The number of rotatable bonds is 2. The average Bonchev–Trinajstić information content (AvgIpc) is 2.42. The van der Waals surface area contributed by atoms with E-state index in [9.17, 15) is 14.4 Å². The summed E-state index contributed by atoms with van der Waals surface area (Å²) < 4.78 is 5.61. The van der Waals surface area contributed by atoms with Crippen molar-refractivity contribution >= 4 is 17.6 Å². The van der Waals surface area contributed by atoms with Crippen LogP contribution in [0.4, 0.5) is 4.79 Å². The Balaban J connectivity index is 3.18. The second-order valence-electron chi connectivity index (χ2n) is 2.11. The average molecular weight is 220 g/mol. The third-order valence-electron chi connectivity index (χ3n) is 1.30. The molecule has 14 heavy (non-hydrogen) atoms. The Bertz CT molecular complexity index is 442. The molecule has 0 atom stereocenters. The molecular formula is C6H8N2O5S. The summed E-state index contributed by atoms with van der Waals surface area (Å²) in [5.41, 5.74) is -0.860. The summed E-state index contributed by atoms with van der Waals surface area (Å²) in [7, 11) is 1.16. The fraction of sp³-hybridized carbons (Fsp3) is 0.500. The van der Waals surface area contributed by atoms with E-state index in [2.05, 4.69) is 9.57 Å². The molecular weight excluding hydrogens is 212 g/mol. The highest BCUT2D eigenvalue weighted by Crippen LogP contribution is 1.88. The number of nitrogens with zero attached hydrogens (tertiary/aromatic N) is 2. The molecule has 0 N–H and O–H groups in total. The molecule has 0 fully saturated rings. The Labute approximate surface area is 82.2 Å². The zero-order valence-electron chi connectivity index (χ0n) is 7.55. The lowest BCUT2D eigenvalue weighted by molar-refractivity contribution is 0.138. The van der Waals surface area contributed by atoms with Gasteiger partial charge in [0.1, 0.15) is 7.11 Å². The van der Waals surface area contributed by atoms with Crippen LogP contribution in [0.15, 0.2) is 9.59 Å². The van der Waals surface area contributed by atoms with Crippen LogP contribution in [-0.4, -0.2) is 28.5 Å². The van der Waals surface area contributed by atoms with Crippen molar-refractivity contribution in [1.82, 2.24) is 8.69 Å². The third-order valence-corrected chi connectivity index (χ3v) is 2.11. The lowest BCUT2D eigenvalue weighted by Crippen LogP contribution is -2.35. The summed E-state index contributed by atoms with van der Waals surface area (Å²) in [6.07, 6.45) is -0.879. The van der Waals surface area contributed by atoms with Crippen LogP contribution < -0.4 is 15.4 Å². The minimum atomic E-state index is -0.879. The molecule has 0 unspecified atom stereocenters. The Morgan fingerprint density at radius 1 is 1.50 bits per heavy atom. The van der Waals surface area contributed by atoms with E-state index in [1.807, 2.05) is 0 Å². The maximum Gasteiger partial charge on any atom is 0.432 e. The van der Waals surface area contributed by atoms with E-state index in [0.717, 1.165) is 7.11 Å². The van der Waals surface area contributed by atoms with Gasteiger partial charge in [0, 0.05) is 11.5 Å². The third kappa shape index (κ3) is 1.69. The maximum atomic E-state index is 11.2. The monoisotopic (exact) mass is 220 g/mol. The normalized spacial score (nSPS) is 9.86. The van der Waals surface area contributed by atoms with E-state index < -0.39 is 16.7 Å². The van der Waals surface area contributed by atoms with Gasteiger partial charge in [0.2, 0.25) is 0 Å². The lowest BCUT2D eigenvalue weighted by Gasteiger charge is -1.97. The number of carbonyl (C=O) groups excluding carboxylic acids is 1. The Morgan fingerprint density at radius 3 is 2.57 bits per heavy atom. The lowest BCUT2D eigenvalue weighted by atomic mass is 10.9. The first-order valence-electron chi connectivity index (χ1n) is 3.68. The predicted octanol–water partition coefficient (Wildman–Crippen LogP) is -0.865. The van der Waals surface area contributed by atoms with Gasteiger partial charge < -0.3 is 9.57 Å². The van der Waals surface area contributed by atoms with Gasteiger partial charge in [0.25, 0.3) is 0 Å². The van der Waals surface area contributed by atoms with E-state index in [-0.39, 0.29) is 6.61 Å². The number of hydrogen-bond acceptors (Lipinski definition) is 6. The van der Waals surface area contributed by atoms with Gasteiger partial charge in [-0.15, -0.1) is 3.96 Å². The molecule has 0 radical (unpaired) electrons. The molecule has 1 aromatic rings. The van der Waals surface area contributed by atoms with Crippen molar-refractivity contribution in [1.29, 1.82) is 0 Å². The van der Waals surface area contributed by atoms with E-state index >= 15 is 0 Å². The fourth-order valence-corrected chi connectivity index (χ4v) is 1.43. The topological polar surface area (TPSA) is 79.5 Å². The van der Waals surface area contributed by atoms with Crippen LogP contribution in [0.5, 0.6) is 0 Å². The van der Waals surface area contributed by atoms with Crippen LogP contribution in [0, 0.1) is 0 Å². The Kier molecular flexibility index (Phi) is 3.07. The van der Waals surface area contributed by atoms with Crippen LogP contribution in [-0.2, 0) is 4.74 Å². The quantitative estimate of drug-likeness (QED) is 0.647. The van der Waals surface area contributed by atoms with Crippen LogP contribution in [0.1, 0.15) is 6.92 Å². The highest BCUT2D eigenvalue weighted by Gasteiger charge is 2.16. The van der Waals surface area contributed by atoms with E-state index in [4.69, 9.17) is 0 Å². The van der Waals surface area contributed by atoms with Crippen molar-refractivity contribution in [2.45, 2.75) is 6.92 Å². The maximum absolute atomic E-state index is 11.2. The van der Waals surface area contributed by atoms with Gasteiger partial charge in [-0.1, -0.05) is 4.73 Å². The van der Waals surface area contributed by atoms with Crippen LogP contribution >= 0.6 is 11.5 Å². The molecule has 1 heterocycles. The molecule has 78 valence electrons. The van der Waals surface area contributed by atoms with Gasteiger partial charge in [-0.05, 0) is 6.92 Å². The number of carbonyl (C=O) groups is 1. The summed E-state index contributed by atoms with van der Waals surface area (Å²) in [5, 5.41) is 0. The first-order chi connectivity index (χ1) is 6.61. The van der Waals surface area contributed by atoms with E-state index in [1.54, 1.807) is 6.92 Å². The van der Waals surface area contributed by atoms with Gasteiger partial charge in [-0.25, -0.2) is 9.59 Å². The van der Waals surface area contributed by atoms with Gasteiger partial charge in [0.15, 0.2) is 0 Å². The van der Waals surface area contributed by atoms with Crippen molar-refractivity contribution in [3.8, 4) is 0 Å². The summed E-state index contributed by atoms with van der Waals surface area (Å²) in [4.78, 5) is 37.1. The summed E-state index contributed by atoms with van der Waals surface area (Å²) in [5.74, 6) is 0. The smallest absolute Gasteiger partial charge is 0.432 e. The standard InChI is InChI=1S/C6H8N2O5S/c1-3-13-5(10)8-4(9)7(12-2)6(11)14-8/h3H2,1-2H3. The zero-order chi connectivity index (χ0) is 10.7. The van der Waals surface area contributed by atoms with Gasteiger partial charge in [0.05, 0.1) is 6.61 Å². The molecule has 1 aromatic heterocycles. The molecule has 7 nitrogen and oxygen atoms in total. The largest absolute Gasteiger partial charge is 0.449 e.